The summed E-state index contributed by atoms with van der Waals surface area (Å²) in [6.07, 6.45) is 0.909. The highest BCUT2D eigenvalue weighted by atomic mass is 16.5. The van der Waals surface area contributed by atoms with Crippen molar-refractivity contribution in [2.24, 2.45) is 0 Å². The zero-order valence-electron chi connectivity index (χ0n) is 11.8. The number of hydrogen-bond donors (Lipinski definition) is 1. The molecule has 0 spiro atoms. The maximum Gasteiger partial charge on any atom is 0.251 e. The molecule has 0 bridgehead atoms. The van der Waals surface area contributed by atoms with Gasteiger partial charge < -0.3 is 10.1 Å². The summed E-state index contributed by atoms with van der Waals surface area (Å²) in [4.78, 5) is 12.1. The van der Waals surface area contributed by atoms with E-state index >= 15 is 0 Å². The number of ether oxygens (including phenoxy) is 1. The van der Waals surface area contributed by atoms with Crippen LogP contribution in [0.5, 0.6) is 11.5 Å². The molecule has 104 valence electrons. The lowest BCUT2D eigenvalue weighted by Gasteiger charge is -2.12. The second kappa shape index (κ2) is 6.75. The highest BCUT2D eigenvalue weighted by Gasteiger charge is 2.09. The zero-order chi connectivity index (χ0) is 14.4. The minimum absolute atomic E-state index is 0.0714. The third-order valence-electron chi connectivity index (χ3n) is 3.06. The molecule has 2 aromatic rings. The van der Waals surface area contributed by atoms with E-state index in [0.717, 1.165) is 12.2 Å². The summed E-state index contributed by atoms with van der Waals surface area (Å²) in [5, 5.41) is 2.94. The highest BCUT2D eigenvalue weighted by molar-refractivity contribution is 5.94. The first-order valence-electron chi connectivity index (χ1n) is 6.83. The van der Waals surface area contributed by atoms with Crippen LogP contribution in [-0.4, -0.2) is 11.9 Å². The van der Waals surface area contributed by atoms with Crippen LogP contribution in [0, 0.1) is 0 Å². The maximum atomic E-state index is 12.1. The molecule has 1 atom stereocenters. The summed E-state index contributed by atoms with van der Waals surface area (Å²) in [5.41, 5.74) is 0.610. The molecule has 1 N–H and O–H groups in total. The monoisotopic (exact) mass is 269 g/mol. The molecular formula is C17H19NO2. The third kappa shape index (κ3) is 3.85. The van der Waals surface area contributed by atoms with Gasteiger partial charge in [-0.15, -0.1) is 0 Å². The zero-order valence-corrected chi connectivity index (χ0v) is 11.8. The van der Waals surface area contributed by atoms with Crippen molar-refractivity contribution in [1.82, 2.24) is 5.32 Å². The average Bonchev–Trinajstić information content (AvgIpc) is 2.48. The lowest BCUT2D eigenvalue weighted by molar-refractivity contribution is 0.0939. The van der Waals surface area contributed by atoms with E-state index in [1.165, 1.54) is 0 Å². The Hall–Kier alpha value is -2.29. The minimum Gasteiger partial charge on any atom is -0.457 e. The number of amides is 1. The molecule has 0 radical (unpaired) electrons. The quantitative estimate of drug-likeness (QED) is 0.890. The Morgan fingerprint density at radius 2 is 1.80 bits per heavy atom. The molecule has 0 heterocycles. The van der Waals surface area contributed by atoms with Crippen molar-refractivity contribution in [2.45, 2.75) is 26.3 Å². The van der Waals surface area contributed by atoms with E-state index in [4.69, 9.17) is 4.74 Å². The molecule has 3 nitrogen and oxygen atoms in total. The molecule has 0 aliphatic heterocycles. The molecular weight excluding hydrogens is 250 g/mol. The van der Waals surface area contributed by atoms with Gasteiger partial charge in [-0.3, -0.25) is 4.79 Å². The van der Waals surface area contributed by atoms with Gasteiger partial charge in [0.05, 0.1) is 0 Å². The highest BCUT2D eigenvalue weighted by Crippen LogP contribution is 2.21. The van der Waals surface area contributed by atoms with Gasteiger partial charge in [-0.1, -0.05) is 31.2 Å². The smallest absolute Gasteiger partial charge is 0.251 e. The van der Waals surface area contributed by atoms with E-state index in [-0.39, 0.29) is 11.9 Å². The Bertz CT molecular complexity index is 566. The number of hydrogen-bond acceptors (Lipinski definition) is 2. The normalized spacial score (nSPS) is 11.7. The molecule has 3 heteroatoms. The van der Waals surface area contributed by atoms with Crippen molar-refractivity contribution in [3.8, 4) is 11.5 Å². The van der Waals surface area contributed by atoms with Gasteiger partial charge in [-0.05, 0) is 43.7 Å². The molecule has 0 aromatic heterocycles. The van der Waals surface area contributed by atoms with Crippen molar-refractivity contribution in [2.75, 3.05) is 0 Å². The average molecular weight is 269 g/mol. The standard InChI is InChI=1S/C17H19NO2/c1-3-13(2)18-17(19)14-8-7-11-16(12-14)20-15-9-5-4-6-10-15/h4-13H,3H2,1-2H3,(H,18,19)/t13-/m0/s1. The fraction of sp³-hybridized carbons (Fsp3) is 0.235. The summed E-state index contributed by atoms with van der Waals surface area (Å²) < 4.78 is 5.72. The van der Waals surface area contributed by atoms with Gasteiger partial charge in [0.15, 0.2) is 0 Å². The molecule has 0 aliphatic carbocycles. The van der Waals surface area contributed by atoms with E-state index in [1.807, 2.05) is 56.3 Å². The predicted octanol–water partition coefficient (Wildman–Crippen LogP) is 4.01. The molecule has 0 aliphatic rings. The van der Waals surface area contributed by atoms with Crippen molar-refractivity contribution in [1.29, 1.82) is 0 Å². The lowest BCUT2D eigenvalue weighted by atomic mass is 10.1. The Morgan fingerprint density at radius 3 is 2.50 bits per heavy atom. The lowest BCUT2D eigenvalue weighted by Crippen LogP contribution is -2.31. The van der Waals surface area contributed by atoms with Crippen molar-refractivity contribution < 1.29 is 9.53 Å². The van der Waals surface area contributed by atoms with Crippen LogP contribution in [-0.2, 0) is 0 Å². The molecule has 20 heavy (non-hydrogen) atoms. The SMILES string of the molecule is CC[C@H](C)NC(=O)c1cccc(Oc2ccccc2)c1. The summed E-state index contributed by atoms with van der Waals surface area (Å²) in [5.74, 6) is 1.35. The van der Waals surface area contributed by atoms with Crippen LogP contribution in [0.2, 0.25) is 0 Å². The van der Waals surface area contributed by atoms with E-state index < -0.39 is 0 Å². The topological polar surface area (TPSA) is 38.3 Å². The summed E-state index contributed by atoms with van der Waals surface area (Å²) in [7, 11) is 0. The van der Waals surface area contributed by atoms with Crippen LogP contribution in [0.4, 0.5) is 0 Å². The molecule has 0 saturated carbocycles. The first-order valence-corrected chi connectivity index (χ1v) is 6.83. The molecule has 1 amide bonds. The molecule has 0 fully saturated rings. The van der Waals surface area contributed by atoms with E-state index in [2.05, 4.69) is 5.32 Å². The van der Waals surface area contributed by atoms with Crippen LogP contribution in [0.1, 0.15) is 30.6 Å². The predicted molar refractivity (Wildman–Crippen MR) is 80.2 cm³/mol. The number of carbonyl (C=O) groups excluding carboxylic acids is 1. The van der Waals surface area contributed by atoms with Gasteiger partial charge in [-0.25, -0.2) is 0 Å². The number of carbonyl (C=O) groups is 1. The van der Waals surface area contributed by atoms with Gasteiger partial charge in [0.2, 0.25) is 0 Å². The van der Waals surface area contributed by atoms with Crippen LogP contribution >= 0.6 is 0 Å². The van der Waals surface area contributed by atoms with Crippen molar-refractivity contribution in [3.63, 3.8) is 0 Å². The maximum absolute atomic E-state index is 12.1. The number of rotatable bonds is 5. The second-order valence-corrected chi connectivity index (χ2v) is 4.73. The van der Waals surface area contributed by atoms with Crippen LogP contribution in [0.3, 0.4) is 0 Å². The summed E-state index contributed by atoms with van der Waals surface area (Å²) in [6.45, 7) is 4.03. The van der Waals surface area contributed by atoms with E-state index in [9.17, 15) is 4.79 Å². The molecule has 2 aromatic carbocycles. The molecule has 2 rings (SSSR count). The molecule has 0 unspecified atom stereocenters. The van der Waals surface area contributed by atoms with Gasteiger partial charge >= 0.3 is 0 Å². The minimum atomic E-state index is -0.0714. The second-order valence-electron chi connectivity index (χ2n) is 4.73. The fourth-order valence-electron chi connectivity index (χ4n) is 1.73. The number of para-hydroxylation sites is 1. The Labute approximate surface area is 119 Å². The van der Waals surface area contributed by atoms with Crippen molar-refractivity contribution in [3.05, 3.63) is 60.2 Å². The van der Waals surface area contributed by atoms with Crippen LogP contribution in [0.15, 0.2) is 54.6 Å². The number of benzene rings is 2. The fourth-order valence-corrected chi connectivity index (χ4v) is 1.73. The van der Waals surface area contributed by atoms with Crippen molar-refractivity contribution >= 4 is 5.91 Å². The largest absolute Gasteiger partial charge is 0.457 e. The first kappa shape index (κ1) is 14.1. The van der Waals surface area contributed by atoms with Gasteiger partial charge in [0.25, 0.3) is 5.91 Å². The van der Waals surface area contributed by atoms with Crippen LogP contribution in [0.25, 0.3) is 0 Å². The number of nitrogens with one attached hydrogen (secondary N) is 1. The molecule has 0 saturated heterocycles. The third-order valence-corrected chi connectivity index (χ3v) is 3.06. The summed E-state index contributed by atoms with van der Waals surface area (Å²) >= 11 is 0. The first-order chi connectivity index (χ1) is 9.69. The van der Waals surface area contributed by atoms with Gasteiger partial charge in [0.1, 0.15) is 11.5 Å². The van der Waals surface area contributed by atoms with Crippen LogP contribution < -0.4 is 10.1 Å². The summed E-state index contributed by atoms with van der Waals surface area (Å²) in [6, 6.07) is 16.9. The van der Waals surface area contributed by atoms with E-state index in [1.54, 1.807) is 12.1 Å². The van der Waals surface area contributed by atoms with Gasteiger partial charge in [-0.2, -0.15) is 0 Å². The van der Waals surface area contributed by atoms with E-state index in [0.29, 0.717) is 11.3 Å². The Kier molecular flexibility index (Phi) is 4.77. The Morgan fingerprint density at radius 1 is 1.10 bits per heavy atom. The Balaban J connectivity index is 2.10. The van der Waals surface area contributed by atoms with Gasteiger partial charge in [0, 0.05) is 11.6 Å².